The molecule has 0 radical (unpaired) electrons. The Morgan fingerprint density at radius 3 is 2.72 bits per heavy atom. The van der Waals surface area contributed by atoms with Crippen molar-refractivity contribution in [1.82, 2.24) is 20.2 Å². The van der Waals surface area contributed by atoms with E-state index in [1.165, 1.54) is 11.3 Å². The number of hydrogen-bond acceptors (Lipinski definition) is 6. The van der Waals surface area contributed by atoms with Gasteiger partial charge in [0, 0.05) is 62.5 Å². The van der Waals surface area contributed by atoms with E-state index in [1.54, 1.807) is 24.7 Å². The van der Waals surface area contributed by atoms with E-state index in [0.717, 1.165) is 18.9 Å². The van der Waals surface area contributed by atoms with Gasteiger partial charge in [-0.3, -0.25) is 14.6 Å². The van der Waals surface area contributed by atoms with Gasteiger partial charge in [-0.2, -0.15) is 11.3 Å². The zero-order chi connectivity index (χ0) is 17.5. The standard InChI is InChI=1S/C17H21N5O2S/c23-16(2-1-4-20-17(24)14-3-11-25-13-14)22-9-7-21(8-10-22)15-12-18-5-6-19-15/h3,5-6,11-13H,1-2,4,7-10H2,(H,20,24). The van der Waals surface area contributed by atoms with Crippen molar-refractivity contribution in [3.8, 4) is 0 Å². The Bertz CT molecular complexity index is 684. The van der Waals surface area contributed by atoms with Gasteiger partial charge >= 0.3 is 0 Å². The summed E-state index contributed by atoms with van der Waals surface area (Å²) >= 11 is 1.50. The van der Waals surface area contributed by atoms with Crippen LogP contribution in [0.2, 0.25) is 0 Å². The number of nitrogens with one attached hydrogen (secondary N) is 1. The minimum atomic E-state index is -0.0775. The van der Waals surface area contributed by atoms with Gasteiger partial charge < -0.3 is 15.1 Å². The number of hydrogen-bond donors (Lipinski definition) is 1. The highest BCUT2D eigenvalue weighted by Crippen LogP contribution is 2.12. The molecule has 0 atom stereocenters. The average Bonchev–Trinajstić information content (AvgIpc) is 3.21. The number of carbonyl (C=O) groups excluding carboxylic acids is 2. The van der Waals surface area contributed by atoms with E-state index in [9.17, 15) is 9.59 Å². The monoisotopic (exact) mass is 359 g/mol. The van der Waals surface area contributed by atoms with E-state index in [1.807, 2.05) is 15.7 Å². The minimum Gasteiger partial charge on any atom is -0.352 e. The Hall–Kier alpha value is -2.48. The summed E-state index contributed by atoms with van der Waals surface area (Å²) < 4.78 is 0. The predicted octanol–water partition coefficient (Wildman–Crippen LogP) is 1.40. The summed E-state index contributed by atoms with van der Waals surface area (Å²) in [7, 11) is 0. The zero-order valence-corrected chi connectivity index (χ0v) is 14.7. The van der Waals surface area contributed by atoms with Gasteiger partial charge in [0.1, 0.15) is 5.82 Å². The number of nitrogens with zero attached hydrogens (tertiary/aromatic N) is 4. The SMILES string of the molecule is O=C(NCCCC(=O)N1CCN(c2cnccn2)CC1)c1ccsc1. The molecule has 1 N–H and O–H groups in total. The summed E-state index contributed by atoms with van der Waals surface area (Å²) in [5, 5.41) is 6.54. The van der Waals surface area contributed by atoms with Crippen molar-refractivity contribution in [2.45, 2.75) is 12.8 Å². The van der Waals surface area contributed by atoms with Crippen molar-refractivity contribution < 1.29 is 9.59 Å². The van der Waals surface area contributed by atoms with Gasteiger partial charge in [-0.05, 0) is 17.9 Å². The summed E-state index contributed by atoms with van der Waals surface area (Å²) in [6.45, 7) is 3.42. The van der Waals surface area contributed by atoms with Crippen LogP contribution >= 0.6 is 11.3 Å². The summed E-state index contributed by atoms with van der Waals surface area (Å²) in [6.07, 6.45) is 6.18. The van der Waals surface area contributed by atoms with Crippen LogP contribution in [0.3, 0.4) is 0 Å². The molecule has 0 saturated carbocycles. The van der Waals surface area contributed by atoms with Crippen LogP contribution in [-0.4, -0.2) is 59.4 Å². The Labute approximate surface area is 150 Å². The average molecular weight is 359 g/mol. The Balaban J connectivity index is 1.35. The number of rotatable bonds is 6. The molecule has 1 aliphatic rings. The Morgan fingerprint density at radius 1 is 1.20 bits per heavy atom. The highest BCUT2D eigenvalue weighted by molar-refractivity contribution is 7.08. The van der Waals surface area contributed by atoms with E-state index >= 15 is 0 Å². The van der Waals surface area contributed by atoms with Gasteiger partial charge in [0.2, 0.25) is 5.91 Å². The largest absolute Gasteiger partial charge is 0.352 e. The first-order chi connectivity index (χ1) is 12.2. The van der Waals surface area contributed by atoms with E-state index in [4.69, 9.17) is 0 Å². The van der Waals surface area contributed by atoms with Crippen LogP contribution < -0.4 is 10.2 Å². The predicted molar refractivity (Wildman–Crippen MR) is 96.7 cm³/mol. The third-order valence-corrected chi connectivity index (χ3v) is 4.83. The molecule has 0 bridgehead atoms. The lowest BCUT2D eigenvalue weighted by Crippen LogP contribution is -2.49. The number of amides is 2. The second-order valence-corrected chi connectivity index (χ2v) is 6.58. The maximum atomic E-state index is 12.3. The van der Waals surface area contributed by atoms with E-state index in [0.29, 0.717) is 38.0 Å². The van der Waals surface area contributed by atoms with Crippen molar-refractivity contribution in [1.29, 1.82) is 0 Å². The molecule has 25 heavy (non-hydrogen) atoms. The molecule has 3 rings (SSSR count). The van der Waals surface area contributed by atoms with Gasteiger partial charge in [-0.15, -0.1) is 0 Å². The molecule has 2 amide bonds. The van der Waals surface area contributed by atoms with E-state index in [-0.39, 0.29) is 11.8 Å². The van der Waals surface area contributed by atoms with Crippen LogP contribution in [0.15, 0.2) is 35.4 Å². The van der Waals surface area contributed by atoms with E-state index in [2.05, 4.69) is 20.2 Å². The summed E-state index contributed by atoms with van der Waals surface area (Å²) in [5.74, 6) is 0.917. The van der Waals surface area contributed by atoms with Crippen LogP contribution in [0.25, 0.3) is 0 Å². The first kappa shape index (κ1) is 17.3. The third kappa shape index (κ3) is 4.76. The molecule has 2 aromatic rings. The first-order valence-electron chi connectivity index (χ1n) is 8.33. The van der Waals surface area contributed by atoms with Crippen molar-refractivity contribution in [2.24, 2.45) is 0 Å². The van der Waals surface area contributed by atoms with Gasteiger partial charge in [-0.25, -0.2) is 4.98 Å². The molecule has 0 aliphatic carbocycles. The lowest BCUT2D eigenvalue weighted by molar-refractivity contribution is -0.131. The topological polar surface area (TPSA) is 78.4 Å². The normalized spacial score (nSPS) is 14.4. The molecule has 1 fully saturated rings. The molecule has 8 heteroatoms. The maximum Gasteiger partial charge on any atom is 0.252 e. The highest BCUT2D eigenvalue weighted by Gasteiger charge is 2.21. The number of aromatic nitrogens is 2. The van der Waals surface area contributed by atoms with E-state index < -0.39 is 0 Å². The van der Waals surface area contributed by atoms with Gasteiger partial charge in [0.25, 0.3) is 5.91 Å². The molecule has 0 unspecified atom stereocenters. The van der Waals surface area contributed by atoms with Crippen molar-refractivity contribution in [2.75, 3.05) is 37.6 Å². The van der Waals surface area contributed by atoms with Crippen molar-refractivity contribution >= 4 is 29.0 Å². The van der Waals surface area contributed by atoms with Gasteiger partial charge in [-0.1, -0.05) is 0 Å². The first-order valence-corrected chi connectivity index (χ1v) is 9.27. The number of thiophene rings is 1. The van der Waals surface area contributed by atoms with Gasteiger partial charge in [0.05, 0.1) is 6.20 Å². The van der Waals surface area contributed by atoms with Gasteiger partial charge in [0.15, 0.2) is 0 Å². The third-order valence-electron chi connectivity index (χ3n) is 4.14. The van der Waals surface area contributed by atoms with Crippen molar-refractivity contribution in [3.63, 3.8) is 0 Å². The molecule has 7 nitrogen and oxygen atoms in total. The molecule has 0 aromatic carbocycles. The maximum absolute atomic E-state index is 12.3. The summed E-state index contributed by atoms with van der Waals surface area (Å²) in [5.41, 5.74) is 0.677. The quantitative estimate of drug-likeness (QED) is 0.789. The minimum absolute atomic E-state index is 0.0775. The van der Waals surface area contributed by atoms with Crippen LogP contribution in [0.1, 0.15) is 23.2 Å². The fourth-order valence-corrected chi connectivity index (χ4v) is 3.37. The molecular formula is C17H21N5O2S. The molecule has 1 saturated heterocycles. The zero-order valence-electron chi connectivity index (χ0n) is 13.9. The molecule has 132 valence electrons. The summed E-state index contributed by atoms with van der Waals surface area (Å²) in [6, 6.07) is 1.79. The Morgan fingerprint density at radius 2 is 2.04 bits per heavy atom. The lowest BCUT2D eigenvalue weighted by Gasteiger charge is -2.35. The molecule has 1 aliphatic heterocycles. The Kier molecular flexibility index (Phi) is 5.95. The second kappa shape index (κ2) is 8.57. The molecular weight excluding hydrogens is 338 g/mol. The van der Waals surface area contributed by atoms with Crippen LogP contribution in [0, 0.1) is 0 Å². The number of carbonyl (C=O) groups is 2. The molecule has 2 aromatic heterocycles. The number of piperazine rings is 1. The fourth-order valence-electron chi connectivity index (χ4n) is 2.73. The smallest absolute Gasteiger partial charge is 0.252 e. The molecule has 0 spiro atoms. The summed E-state index contributed by atoms with van der Waals surface area (Å²) in [4.78, 5) is 36.5. The second-order valence-electron chi connectivity index (χ2n) is 5.80. The number of anilines is 1. The molecule has 3 heterocycles. The van der Waals surface area contributed by atoms with Crippen LogP contribution in [0.5, 0.6) is 0 Å². The van der Waals surface area contributed by atoms with Crippen LogP contribution in [-0.2, 0) is 4.79 Å². The fraction of sp³-hybridized carbons (Fsp3) is 0.412. The lowest BCUT2D eigenvalue weighted by atomic mass is 10.2. The van der Waals surface area contributed by atoms with Crippen molar-refractivity contribution in [3.05, 3.63) is 41.0 Å². The highest BCUT2D eigenvalue weighted by atomic mass is 32.1. The van der Waals surface area contributed by atoms with Crippen LogP contribution in [0.4, 0.5) is 5.82 Å².